The molecule has 2 fully saturated rings. The Morgan fingerprint density at radius 3 is 2.86 bits per heavy atom. The molecule has 0 saturated carbocycles. The van der Waals surface area contributed by atoms with Gasteiger partial charge in [0.1, 0.15) is 5.75 Å². The quantitative estimate of drug-likeness (QED) is 0.595. The first-order chi connectivity index (χ1) is 13.7. The second-order valence-electron chi connectivity index (χ2n) is 7.29. The Morgan fingerprint density at radius 1 is 1.21 bits per heavy atom. The minimum absolute atomic E-state index is 0.223. The van der Waals surface area contributed by atoms with Gasteiger partial charge in [-0.25, -0.2) is 4.68 Å². The first kappa shape index (κ1) is 19.3. The molecule has 0 radical (unpaired) electrons. The summed E-state index contributed by atoms with van der Waals surface area (Å²) < 4.78 is 12.9. The first-order valence-corrected chi connectivity index (χ1v) is 9.68. The number of para-hydroxylation sites is 1. The summed E-state index contributed by atoms with van der Waals surface area (Å²) in [7, 11) is 0. The highest BCUT2D eigenvalue weighted by molar-refractivity contribution is 5.31. The average molecular weight is 389 g/mol. The summed E-state index contributed by atoms with van der Waals surface area (Å²) in [6.07, 6.45) is 1.11. The lowest BCUT2D eigenvalue weighted by Gasteiger charge is -2.25. The summed E-state index contributed by atoms with van der Waals surface area (Å²) in [6, 6.07) is 6.93. The number of benzene rings is 1. The van der Waals surface area contributed by atoms with Gasteiger partial charge in [0.05, 0.1) is 50.3 Å². The molecule has 3 N–H and O–H groups in total. The fraction of sp³-hybridized carbons (Fsp3) is 0.579. The number of phenols is 1. The molecule has 0 aliphatic carbocycles. The molecule has 28 heavy (non-hydrogen) atoms. The van der Waals surface area contributed by atoms with Crippen LogP contribution in [0.2, 0.25) is 0 Å². The average Bonchev–Trinajstić information content (AvgIpc) is 3.29. The molecule has 0 spiro atoms. The maximum absolute atomic E-state index is 10.3. The van der Waals surface area contributed by atoms with E-state index in [0.29, 0.717) is 13.1 Å². The molecule has 1 aromatic heterocycles. The topological polar surface area (TPSA) is 105 Å². The monoisotopic (exact) mass is 389 g/mol. The van der Waals surface area contributed by atoms with E-state index < -0.39 is 6.10 Å². The molecule has 2 aromatic rings. The molecule has 152 valence electrons. The van der Waals surface area contributed by atoms with Crippen LogP contribution in [0, 0.1) is 0 Å². The summed E-state index contributed by atoms with van der Waals surface area (Å²) in [5.74, 6) is 0.240. The molecule has 2 saturated heterocycles. The Labute approximate surface area is 163 Å². The first-order valence-electron chi connectivity index (χ1n) is 9.68. The van der Waals surface area contributed by atoms with Crippen molar-refractivity contribution in [3.8, 4) is 5.75 Å². The van der Waals surface area contributed by atoms with Crippen molar-refractivity contribution in [2.24, 2.45) is 0 Å². The summed E-state index contributed by atoms with van der Waals surface area (Å²) in [5.41, 5.74) is 1.70. The van der Waals surface area contributed by atoms with Crippen molar-refractivity contribution in [2.75, 3.05) is 32.9 Å². The van der Waals surface area contributed by atoms with Crippen LogP contribution in [0.15, 0.2) is 30.5 Å². The van der Waals surface area contributed by atoms with Crippen molar-refractivity contribution < 1.29 is 19.7 Å². The van der Waals surface area contributed by atoms with Crippen LogP contribution < -0.4 is 5.32 Å². The fourth-order valence-corrected chi connectivity index (χ4v) is 3.67. The van der Waals surface area contributed by atoms with Crippen LogP contribution in [0.1, 0.15) is 11.3 Å². The summed E-state index contributed by atoms with van der Waals surface area (Å²) >= 11 is 0. The van der Waals surface area contributed by atoms with E-state index in [-0.39, 0.29) is 24.5 Å². The van der Waals surface area contributed by atoms with E-state index >= 15 is 0 Å². The molecule has 9 heteroatoms. The minimum atomic E-state index is -0.604. The predicted molar refractivity (Wildman–Crippen MR) is 101 cm³/mol. The lowest BCUT2D eigenvalue weighted by Crippen LogP contribution is -2.45. The smallest absolute Gasteiger partial charge is 0.120 e. The van der Waals surface area contributed by atoms with Gasteiger partial charge < -0.3 is 25.0 Å². The Morgan fingerprint density at radius 2 is 2.04 bits per heavy atom. The SMILES string of the molecule is Oc1ccccc1CN[C@@H]1[C@@H](O)CO[C@@H]1Cn1cc(CN2CCOCC2)nn1. The van der Waals surface area contributed by atoms with Gasteiger partial charge in [-0.2, -0.15) is 0 Å². The number of aliphatic hydroxyl groups excluding tert-OH is 1. The zero-order valence-electron chi connectivity index (χ0n) is 15.8. The van der Waals surface area contributed by atoms with Crippen molar-refractivity contribution in [1.29, 1.82) is 0 Å². The minimum Gasteiger partial charge on any atom is -0.508 e. The predicted octanol–water partition coefficient (Wildman–Crippen LogP) is -0.266. The Hall–Kier alpha value is -2.04. The maximum Gasteiger partial charge on any atom is 0.120 e. The molecule has 3 heterocycles. The van der Waals surface area contributed by atoms with Gasteiger partial charge in [-0.3, -0.25) is 4.90 Å². The molecule has 2 aliphatic heterocycles. The van der Waals surface area contributed by atoms with Crippen LogP contribution in [0.4, 0.5) is 0 Å². The highest BCUT2D eigenvalue weighted by Crippen LogP contribution is 2.20. The molecule has 0 bridgehead atoms. The van der Waals surface area contributed by atoms with Crippen molar-refractivity contribution in [3.63, 3.8) is 0 Å². The van der Waals surface area contributed by atoms with E-state index in [1.54, 1.807) is 16.8 Å². The second-order valence-corrected chi connectivity index (χ2v) is 7.29. The van der Waals surface area contributed by atoms with E-state index in [1.807, 2.05) is 18.3 Å². The Balaban J connectivity index is 1.33. The third-order valence-corrected chi connectivity index (χ3v) is 5.26. The van der Waals surface area contributed by atoms with Gasteiger partial charge in [-0.05, 0) is 6.07 Å². The van der Waals surface area contributed by atoms with Crippen LogP contribution in [0.5, 0.6) is 5.75 Å². The van der Waals surface area contributed by atoms with E-state index in [2.05, 4.69) is 20.5 Å². The standard InChI is InChI=1S/C19H27N5O4/c25-16-4-2-1-3-14(16)9-20-19-17(26)13-28-18(19)12-24-11-15(21-22-24)10-23-5-7-27-8-6-23/h1-4,11,17-20,25-26H,5-10,12-13H2/t17-,18+,19+/m0/s1. The van der Waals surface area contributed by atoms with E-state index in [9.17, 15) is 10.2 Å². The Kier molecular flexibility index (Phi) is 6.18. The summed E-state index contributed by atoms with van der Waals surface area (Å²) in [5, 5.41) is 32.0. The fourth-order valence-electron chi connectivity index (χ4n) is 3.67. The zero-order chi connectivity index (χ0) is 19.3. The number of aromatic hydroxyl groups is 1. The number of phenolic OH excluding ortho intramolecular Hbond substituents is 1. The number of rotatable bonds is 7. The van der Waals surface area contributed by atoms with Crippen molar-refractivity contribution in [2.45, 2.75) is 37.9 Å². The van der Waals surface area contributed by atoms with Gasteiger partial charge in [0.15, 0.2) is 0 Å². The van der Waals surface area contributed by atoms with Crippen molar-refractivity contribution in [3.05, 3.63) is 41.7 Å². The zero-order valence-corrected chi connectivity index (χ0v) is 15.8. The van der Waals surface area contributed by atoms with Gasteiger partial charge in [-0.15, -0.1) is 5.10 Å². The number of ether oxygens (including phenoxy) is 2. The molecule has 2 aliphatic rings. The Bertz CT molecular complexity index is 764. The molecule has 0 amide bonds. The molecule has 3 atom stereocenters. The highest BCUT2D eigenvalue weighted by atomic mass is 16.5. The number of morpholine rings is 1. The summed E-state index contributed by atoms with van der Waals surface area (Å²) in [6.45, 7) is 5.31. The van der Waals surface area contributed by atoms with Gasteiger partial charge in [0, 0.05) is 37.9 Å². The number of aliphatic hydroxyl groups is 1. The van der Waals surface area contributed by atoms with Crippen LogP contribution >= 0.6 is 0 Å². The lowest BCUT2D eigenvalue weighted by molar-refractivity contribution is 0.0336. The van der Waals surface area contributed by atoms with E-state index in [1.165, 1.54) is 0 Å². The lowest BCUT2D eigenvalue weighted by atomic mass is 10.1. The number of aromatic nitrogens is 3. The van der Waals surface area contributed by atoms with Gasteiger partial charge >= 0.3 is 0 Å². The number of hydrogen-bond acceptors (Lipinski definition) is 8. The molecular weight excluding hydrogens is 362 g/mol. The summed E-state index contributed by atoms with van der Waals surface area (Å²) in [4.78, 5) is 2.30. The third-order valence-electron chi connectivity index (χ3n) is 5.26. The highest BCUT2D eigenvalue weighted by Gasteiger charge is 2.36. The largest absolute Gasteiger partial charge is 0.508 e. The van der Waals surface area contributed by atoms with Crippen LogP contribution in [0.25, 0.3) is 0 Å². The number of nitrogens with zero attached hydrogens (tertiary/aromatic N) is 4. The van der Waals surface area contributed by atoms with E-state index in [4.69, 9.17) is 9.47 Å². The number of hydrogen-bond donors (Lipinski definition) is 3. The van der Waals surface area contributed by atoms with Gasteiger partial charge in [0.25, 0.3) is 0 Å². The second kappa shape index (κ2) is 8.97. The third kappa shape index (κ3) is 4.68. The number of nitrogens with one attached hydrogen (secondary N) is 1. The normalized spacial score (nSPS) is 26.0. The van der Waals surface area contributed by atoms with Gasteiger partial charge in [0.2, 0.25) is 0 Å². The van der Waals surface area contributed by atoms with Gasteiger partial charge in [-0.1, -0.05) is 23.4 Å². The van der Waals surface area contributed by atoms with E-state index in [0.717, 1.165) is 44.1 Å². The van der Waals surface area contributed by atoms with Crippen LogP contribution in [0.3, 0.4) is 0 Å². The van der Waals surface area contributed by atoms with Crippen molar-refractivity contribution >= 4 is 0 Å². The molecular formula is C19H27N5O4. The van der Waals surface area contributed by atoms with Crippen LogP contribution in [-0.2, 0) is 29.1 Å². The molecule has 1 aromatic carbocycles. The molecule has 0 unspecified atom stereocenters. The molecule has 9 nitrogen and oxygen atoms in total. The van der Waals surface area contributed by atoms with Crippen LogP contribution in [-0.4, -0.2) is 81.3 Å². The van der Waals surface area contributed by atoms with Crippen molar-refractivity contribution in [1.82, 2.24) is 25.2 Å². The maximum atomic E-state index is 10.3. The molecule has 4 rings (SSSR count).